The number of hydrogen-bond acceptors (Lipinski definition) is 5. The number of carbonyl (C=O) groups excluding carboxylic acids is 3. The van der Waals surface area contributed by atoms with E-state index >= 15 is 0 Å². The maximum Gasteiger partial charge on any atom is 0.253 e. The van der Waals surface area contributed by atoms with E-state index in [2.05, 4.69) is 20.9 Å². The molecule has 1 atom stereocenters. The van der Waals surface area contributed by atoms with Crippen LogP contribution in [0.15, 0.2) is 84.2 Å². The predicted molar refractivity (Wildman–Crippen MR) is 143 cm³/mol. The molecule has 9 heteroatoms. The fraction of sp³-hybridized carbons (Fsp3) is 0.111. The number of rotatable bonds is 8. The Kier molecular flexibility index (Phi) is 8.10. The van der Waals surface area contributed by atoms with Gasteiger partial charge in [0.2, 0.25) is 11.8 Å². The summed E-state index contributed by atoms with van der Waals surface area (Å²) in [6.45, 7) is 1.45. The summed E-state index contributed by atoms with van der Waals surface area (Å²) < 4.78 is 0. The van der Waals surface area contributed by atoms with Gasteiger partial charge in [-0.25, -0.2) is 4.98 Å². The lowest BCUT2D eigenvalue weighted by atomic mass is 10.0. The largest absolute Gasteiger partial charge is 0.345 e. The van der Waals surface area contributed by atoms with Gasteiger partial charge in [0.1, 0.15) is 0 Å². The van der Waals surface area contributed by atoms with Gasteiger partial charge in [-0.2, -0.15) is 0 Å². The smallest absolute Gasteiger partial charge is 0.253 e. The van der Waals surface area contributed by atoms with E-state index < -0.39 is 6.04 Å². The van der Waals surface area contributed by atoms with Crippen molar-refractivity contribution < 1.29 is 14.4 Å². The average Bonchev–Trinajstić information content (AvgIpc) is 3.32. The van der Waals surface area contributed by atoms with Crippen molar-refractivity contribution in [2.24, 2.45) is 0 Å². The number of thiazole rings is 1. The third kappa shape index (κ3) is 6.56. The lowest BCUT2D eigenvalue weighted by molar-refractivity contribution is -0.116. The first kappa shape index (κ1) is 25.1. The fourth-order valence-electron chi connectivity index (χ4n) is 3.57. The summed E-state index contributed by atoms with van der Waals surface area (Å²) in [6, 6.07) is 22.8. The fourth-order valence-corrected chi connectivity index (χ4v) is 4.52. The lowest BCUT2D eigenvalue weighted by Gasteiger charge is -2.19. The van der Waals surface area contributed by atoms with Crippen LogP contribution in [0.4, 0.5) is 10.8 Å². The normalized spacial score (nSPS) is 11.4. The van der Waals surface area contributed by atoms with E-state index in [1.807, 2.05) is 47.8 Å². The molecule has 0 unspecified atom stereocenters. The Morgan fingerprint density at radius 1 is 0.917 bits per heavy atom. The summed E-state index contributed by atoms with van der Waals surface area (Å²) in [5.41, 5.74) is 3.40. The number of carbonyl (C=O) groups is 3. The van der Waals surface area contributed by atoms with Crippen molar-refractivity contribution in [3.05, 3.63) is 100 Å². The molecule has 7 nitrogen and oxygen atoms in total. The van der Waals surface area contributed by atoms with Gasteiger partial charge in [-0.05, 0) is 29.8 Å². The number of hydrogen-bond donors (Lipinski definition) is 3. The zero-order valence-corrected chi connectivity index (χ0v) is 20.9. The molecule has 0 saturated carbocycles. The van der Waals surface area contributed by atoms with Gasteiger partial charge in [0, 0.05) is 23.6 Å². The molecule has 3 amide bonds. The van der Waals surface area contributed by atoms with Gasteiger partial charge >= 0.3 is 0 Å². The molecule has 0 fully saturated rings. The molecule has 1 heterocycles. The Morgan fingerprint density at radius 2 is 1.61 bits per heavy atom. The van der Waals surface area contributed by atoms with Gasteiger partial charge in [-0.1, -0.05) is 66.2 Å². The van der Waals surface area contributed by atoms with Crippen molar-refractivity contribution in [3.63, 3.8) is 0 Å². The van der Waals surface area contributed by atoms with Crippen molar-refractivity contribution in [1.29, 1.82) is 0 Å². The van der Waals surface area contributed by atoms with Gasteiger partial charge in [-0.3, -0.25) is 14.4 Å². The SMILES string of the molecule is CC(=O)Nc1ccc(-c2csc(NC(=O)C[C@H](NC(=O)c3ccccc3Cl)c3ccccc3)n2)cc1. The summed E-state index contributed by atoms with van der Waals surface area (Å²) in [7, 11) is 0. The summed E-state index contributed by atoms with van der Waals surface area (Å²) in [5, 5.41) is 11.1. The zero-order chi connectivity index (χ0) is 25.5. The molecule has 182 valence electrons. The topological polar surface area (TPSA) is 100 Å². The zero-order valence-electron chi connectivity index (χ0n) is 19.3. The maximum atomic E-state index is 12.9. The Hall–Kier alpha value is -4.01. The number of anilines is 2. The highest BCUT2D eigenvalue weighted by Gasteiger charge is 2.21. The molecule has 0 spiro atoms. The van der Waals surface area contributed by atoms with Crippen LogP contribution in [0.2, 0.25) is 5.02 Å². The first-order chi connectivity index (χ1) is 17.4. The number of benzene rings is 3. The highest BCUT2D eigenvalue weighted by molar-refractivity contribution is 7.14. The van der Waals surface area contributed by atoms with E-state index in [0.717, 1.165) is 11.1 Å². The second-order valence-electron chi connectivity index (χ2n) is 7.97. The van der Waals surface area contributed by atoms with Crippen molar-refractivity contribution in [2.45, 2.75) is 19.4 Å². The van der Waals surface area contributed by atoms with Crippen LogP contribution < -0.4 is 16.0 Å². The Bertz CT molecular complexity index is 1370. The molecule has 0 bridgehead atoms. The maximum absolute atomic E-state index is 12.9. The van der Waals surface area contributed by atoms with Gasteiger partial charge in [0.15, 0.2) is 5.13 Å². The minimum Gasteiger partial charge on any atom is -0.345 e. The first-order valence-corrected chi connectivity index (χ1v) is 12.4. The third-order valence-corrected chi connectivity index (χ3v) is 6.35. The van der Waals surface area contributed by atoms with E-state index in [1.54, 1.807) is 36.4 Å². The second-order valence-corrected chi connectivity index (χ2v) is 9.23. The summed E-state index contributed by atoms with van der Waals surface area (Å²) in [5.74, 6) is -0.787. The Morgan fingerprint density at radius 3 is 2.31 bits per heavy atom. The number of nitrogens with one attached hydrogen (secondary N) is 3. The molecule has 1 aromatic heterocycles. The molecule has 4 aromatic rings. The Labute approximate surface area is 217 Å². The molecule has 0 aliphatic rings. The van der Waals surface area contributed by atoms with E-state index in [0.29, 0.717) is 27.1 Å². The van der Waals surface area contributed by atoms with Crippen LogP contribution >= 0.6 is 22.9 Å². The van der Waals surface area contributed by atoms with Crippen molar-refractivity contribution in [2.75, 3.05) is 10.6 Å². The average molecular weight is 519 g/mol. The molecule has 0 aliphatic heterocycles. The number of nitrogens with zero attached hydrogens (tertiary/aromatic N) is 1. The quantitative estimate of drug-likeness (QED) is 0.269. The highest BCUT2D eigenvalue weighted by atomic mass is 35.5. The van der Waals surface area contributed by atoms with Crippen LogP contribution in [0.25, 0.3) is 11.3 Å². The molecule has 36 heavy (non-hydrogen) atoms. The van der Waals surface area contributed by atoms with Crippen LogP contribution in [0, 0.1) is 0 Å². The summed E-state index contributed by atoms with van der Waals surface area (Å²) in [4.78, 5) is 41.5. The molecule has 0 saturated heterocycles. The molecule has 0 radical (unpaired) electrons. The van der Waals surface area contributed by atoms with Crippen LogP contribution in [0.1, 0.15) is 35.3 Å². The van der Waals surface area contributed by atoms with Crippen molar-refractivity contribution in [1.82, 2.24) is 10.3 Å². The molecule has 3 aromatic carbocycles. The minimum absolute atomic E-state index is 0.0144. The second kappa shape index (κ2) is 11.6. The van der Waals surface area contributed by atoms with Gasteiger partial charge in [0.05, 0.1) is 28.7 Å². The van der Waals surface area contributed by atoms with Gasteiger partial charge in [0.25, 0.3) is 5.91 Å². The standard InChI is InChI=1S/C27H23ClN4O3S/c1-17(33)29-20-13-11-19(12-14-20)24-16-36-27(31-24)32-25(34)15-23(18-7-3-2-4-8-18)30-26(35)21-9-5-6-10-22(21)28/h2-14,16,23H,15H2,1H3,(H,29,33)(H,30,35)(H,31,32,34)/t23-/m0/s1. The highest BCUT2D eigenvalue weighted by Crippen LogP contribution is 2.27. The summed E-state index contributed by atoms with van der Waals surface area (Å²) in [6.07, 6.45) is 0.0144. The van der Waals surface area contributed by atoms with Crippen LogP contribution in [0.5, 0.6) is 0 Å². The molecule has 4 rings (SSSR count). The Balaban J connectivity index is 1.44. The van der Waals surface area contributed by atoms with Gasteiger partial charge in [-0.15, -0.1) is 11.3 Å². The summed E-state index contributed by atoms with van der Waals surface area (Å²) >= 11 is 7.49. The van der Waals surface area contributed by atoms with E-state index in [9.17, 15) is 14.4 Å². The van der Waals surface area contributed by atoms with Crippen molar-refractivity contribution >= 4 is 51.5 Å². The number of amides is 3. The number of halogens is 1. The van der Waals surface area contributed by atoms with E-state index in [4.69, 9.17) is 11.6 Å². The lowest BCUT2D eigenvalue weighted by Crippen LogP contribution is -2.31. The molecular weight excluding hydrogens is 496 g/mol. The van der Waals surface area contributed by atoms with Crippen LogP contribution in [-0.2, 0) is 9.59 Å². The molecular formula is C27H23ClN4O3S. The third-order valence-electron chi connectivity index (χ3n) is 5.27. The van der Waals surface area contributed by atoms with E-state index in [-0.39, 0.29) is 24.1 Å². The first-order valence-electron chi connectivity index (χ1n) is 11.1. The van der Waals surface area contributed by atoms with E-state index in [1.165, 1.54) is 18.3 Å². The predicted octanol–water partition coefficient (Wildman–Crippen LogP) is 5.92. The van der Waals surface area contributed by atoms with Crippen LogP contribution in [0.3, 0.4) is 0 Å². The minimum atomic E-state index is -0.560. The van der Waals surface area contributed by atoms with Crippen molar-refractivity contribution in [3.8, 4) is 11.3 Å². The number of aromatic nitrogens is 1. The van der Waals surface area contributed by atoms with Gasteiger partial charge < -0.3 is 16.0 Å². The van der Waals surface area contributed by atoms with Crippen LogP contribution in [-0.4, -0.2) is 22.7 Å². The monoisotopic (exact) mass is 518 g/mol. The molecule has 0 aliphatic carbocycles. The molecule has 3 N–H and O–H groups in total.